The standard InChI is InChI=1S/C4H3BrF3N3/c1-11-2(4(6,7)8)9-3(5)10-11/h1H3/i1D3. The fourth-order valence-corrected chi connectivity index (χ4v) is 0.797. The molecule has 0 bridgehead atoms. The minimum absolute atomic E-state index is 0.142. The first-order valence-corrected chi connectivity index (χ1v) is 3.12. The van der Waals surface area contributed by atoms with Crippen molar-refractivity contribution in [1.82, 2.24) is 14.8 Å². The van der Waals surface area contributed by atoms with Gasteiger partial charge in [-0.2, -0.15) is 18.2 Å². The Morgan fingerprint density at radius 1 is 1.64 bits per heavy atom. The molecule has 0 spiro atoms. The van der Waals surface area contributed by atoms with Gasteiger partial charge in [0.1, 0.15) is 0 Å². The van der Waals surface area contributed by atoms with E-state index in [1.54, 1.807) is 0 Å². The number of aryl methyl sites for hydroxylation is 1. The molecule has 1 aromatic heterocycles. The number of hydrogen-bond acceptors (Lipinski definition) is 2. The zero-order valence-electron chi connectivity index (χ0n) is 7.85. The van der Waals surface area contributed by atoms with Crippen molar-refractivity contribution in [3.05, 3.63) is 10.6 Å². The zero-order valence-corrected chi connectivity index (χ0v) is 6.44. The first-order chi connectivity index (χ1) is 6.12. The minimum Gasteiger partial charge on any atom is -0.244 e. The van der Waals surface area contributed by atoms with Crippen LogP contribution in [0.1, 0.15) is 9.94 Å². The van der Waals surface area contributed by atoms with Crippen LogP contribution in [0.25, 0.3) is 0 Å². The fraction of sp³-hybridized carbons (Fsp3) is 0.500. The van der Waals surface area contributed by atoms with E-state index in [1.807, 2.05) is 0 Å². The Morgan fingerprint density at radius 3 is 2.64 bits per heavy atom. The summed E-state index contributed by atoms with van der Waals surface area (Å²) in [6, 6.07) is 0. The molecule has 1 aromatic rings. The molecule has 11 heavy (non-hydrogen) atoms. The maximum absolute atomic E-state index is 12.2. The Morgan fingerprint density at radius 2 is 2.27 bits per heavy atom. The molecule has 0 saturated heterocycles. The van der Waals surface area contributed by atoms with Crippen LogP contribution < -0.4 is 0 Å². The second-order valence-electron chi connectivity index (χ2n) is 1.61. The van der Waals surface area contributed by atoms with Gasteiger partial charge < -0.3 is 0 Å². The number of nitrogens with zero attached hydrogens (tertiary/aromatic N) is 3. The molecule has 3 nitrogen and oxygen atoms in total. The topological polar surface area (TPSA) is 30.7 Å². The van der Waals surface area contributed by atoms with Gasteiger partial charge in [0.2, 0.25) is 10.6 Å². The van der Waals surface area contributed by atoms with Gasteiger partial charge in [-0.15, -0.1) is 5.10 Å². The lowest BCUT2D eigenvalue weighted by Crippen LogP contribution is -2.13. The van der Waals surface area contributed by atoms with E-state index in [0.29, 0.717) is 0 Å². The normalized spacial score (nSPS) is 17.3. The number of rotatable bonds is 0. The third-order valence-electron chi connectivity index (χ3n) is 0.835. The third kappa shape index (κ3) is 1.70. The molecule has 0 N–H and O–H groups in total. The Bertz CT molecular complexity index is 312. The average molecular weight is 233 g/mol. The lowest BCUT2D eigenvalue weighted by Gasteiger charge is -2.02. The molecule has 0 aromatic carbocycles. The molecule has 0 amide bonds. The molecule has 0 saturated carbocycles. The SMILES string of the molecule is [2H]C([2H])([2H])n1nc(Br)nc1C(F)(F)F. The Labute approximate surface area is 72.6 Å². The van der Waals surface area contributed by atoms with E-state index in [1.165, 1.54) is 0 Å². The molecule has 62 valence electrons. The predicted octanol–water partition coefficient (Wildman–Crippen LogP) is 1.60. The average Bonchev–Trinajstić information content (AvgIpc) is 2.27. The van der Waals surface area contributed by atoms with Gasteiger partial charge in [-0.05, 0) is 15.9 Å². The van der Waals surface area contributed by atoms with Crippen LogP contribution in [-0.4, -0.2) is 14.8 Å². The summed E-state index contributed by atoms with van der Waals surface area (Å²) in [5.74, 6) is -1.55. The smallest absolute Gasteiger partial charge is 0.244 e. The third-order valence-corrected chi connectivity index (χ3v) is 1.17. The zero-order chi connectivity index (χ0) is 11.1. The summed E-state index contributed by atoms with van der Waals surface area (Å²) in [5, 5.41) is 3.09. The van der Waals surface area contributed by atoms with Crippen LogP contribution in [0, 0.1) is 0 Å². The summed E-state index contributed by atoms with van der Waals surface area (Å²) >= 11 is 2.57. The minimum atomic E-state index is -4.84. The van der Waals surface area contributed by atoms with Gasteiger partial charge in [0.15, 0.2) is 0 Å². The van der Waals surface area contributed by atoms with Gasteiger partial charge in [0, 0.05) is 11.1 Å². The lowest BCUT2D eigenvalue weighted by atomic mass is 10.6. The summed E-state index contributed by atoms with van der Waals surface area (Å²) in [4.78, 5) is 2.93. The van der Waals surface area contributed by atoms with E-state index in [9.17, 15) is 13.2 Å². The lowest BCUT2D eigenvalue weighted by molar-refractivity contribution is -0.147. The van der Waals surface area contributed by atoms with Crippen molar-refractivity contribution in [2.75, 3.05) is 0 Å². The van der Waals surface area contributed by atoms with Crippen molar-refractivity contribution in [3.8, 4) is 0 Å². The van der Waals surface area contributed by atoms with Crippen molar-refractivity contribution in [1.29, 1.82) is 0 Å². The summed E-state index contributed by atoms with van der Waals surface area (Å²) in [5.41, 5.74) is 0. The number of halogens is 4. The van der Waals surface area contributed by atoms with Gasteiger partial charge in [0.25, 0.3) is 0 Å². The van der Waals surface area contributed by atoms with E-state index < -0.39 is 23.7 Å². The molecule has 1 heterocycles. The Balaban J connectivity index is 3.31. The highest BCUT2D eigenvalue weighted by molar-refractivity contribution is 9.10. The largest absolute Gasteiger partial charge is 0.451 e. The summed E-state index contributed by atoms with van der Waals surface area (Å²) < 4.78 is 56.4. The highest BCUT2D eigenvalue weighted by Gasteiger charge is 2.36. The molecule has 0 aliphatic carbocycles. The van der Waals surface area contributed by atoms with Crippen LogP contribution in [0.5, 0.6) is 0 Å². The van der Waals surface area contributed by atoms with Crippen LogP contribution in [0.2, 0.25) is 0 Å². The van der Waals surface area contributed by atoms with Crippen LogP contribution >= 0.6 is 15.9 Å². The second-order valence-corrected chi connectivity index (χ2v) is 2.32. The quantitative estimate of drug-likeness (QED) is 0.681. The van der Waals surface area contributed by atoms with Crippen LogP contribution in [0.3, 0.4) is 0 Å². The molecule has 0 unspecified atom stereocenters. The molecule has 7 heteroatoms. The van der Waals surface area contributed by atoms with Gasteiger partial charge in [-0.1, -0.05) is 0 Å². The van der Waals surface area contributed by atoms with Crippen molar-refractivity contribution in [2.24, 2.45) is 6.98 Å². The van der Waals surface area contributed by atoms with Crippen LogP contribution in [0.15, 0.2) is 4.73 Å². The van der Waals surface area contributed by atoms with Gasteiger partial charge >= 0.3 is 6.18 Å². The van der Waals surface area contributed by atoms with Crippen LogP contribution in [0.4, 0.5) is 13.2 Å². The van der Waals surface area contributed by atoms with E-state index in [2.05, 4.69) is 26.0 Å². The summed E-state index contributed by atoms with van der Waals surface area (Å²) in [7, 11) is 0. The Kier molecular flexibility index (Phi) is 1.15. The molecule has 0 aliphatic rings. The second kappa shape index (κ2) is 2.47. The molecular formula is C4H3BrF3N3. The molecule has 0 aliphatic heterocycles. The summed E-state index contributed by atoms with van der Waals surface area (Å²) in [6.45, 7) is -3.00. The maximum atomic E-state index is 12.2. The highest BCUT2D eigenvalue weighted by Crippen LogP contribution is 2.27. The van der Waals surface area contributed by atoms with E-state index >= 15 is 0 Å². The van der Waals surface area contributed by atoms with E-state index in [4.69, 9.17) is 4.11 Å². The van der Waals surface area contributed by atoms with Crippen molar-refractivity contribution in [2.45, 2.75) is 6.18 Å². The molecule has 1 rings (SSSR count). The first kappa shape index (κ1) is 5.13. The molecule has 0 radical (unpaired) electrons. The van der Waals surface area contributed by atoms with E-state index in [-0.39, 0.29) is 4.68 Å². The highest BCUT2D eigenvalue weighted by atomic mass is 79.9. The summed E-state index contributed by atoms with van der Waals surface area (Å²) in [6.07, 6.45) is -4.84. The van der Waals surface area contributed by atoms with E-state index in [0.717, 1.165) is 0 Å². The van der Waals surface area contributed by atoms with Crippen molar-refractivity contribution >= 4 is 15.9 Å². The maximum Gasteiger partial charge on any atom is 0.451 e. The molecular weight excluding hydrogens is 227 g/mol. The van der Waals surface area contributed by atoms with Crippen molar-refractivity contribution < 1.29 is 17.3 Å². The van der Waals surface area contributed by atoms with Gasteiger partial charge in [-0.25, -0.2) is 4.68 Å². The number of aromatic nitrogens is 3. The number of alkyl halides is 3. The first-order valence-electron chi connectivity index (χ1n) is 3.82. The molecule has 0 fully saturated rings. The molecule has 0 atom stereocenters. The Hall–Kier alpha value is -0.590. The monoisotopic (exact) mass is 232 g/mol. The van der Waals surface area contributed by atoms with Crippen LogP contribution in [-0.2, 0) is 13.2 Å². The van der Waals surface area contributed by atoms with Gasteiger partial charge in [-0.3, -0.25) is 0 Å². The number of hydrogen-bond donors (Lipinski definition) is 0. The fourth-order valence-electron chi connectivity index (χ4n) is 0.470. The van der Waals surface area contributed by atoms with Crippen molar-refractivity contribution in [3.63, 3.8) is 0 Å². The van der Waals surface area contributed by atoms with Gasteiger partial charge in [0.05, 0.1) is 0 Å². The predicted molar refractivity (Wildman–Crippen MR) is 33.7 cm³/mol.